The number of carbonyl (C=O) groups is 1. The van der Waals surface area contributed by atoms with Gasteiger partial charge in [-0.05, 0) is 51.0 Å². The molecule has 144 valence electrons. The van der Waals surface area contributed by atoms with E-state index in [-0.39, 0.29) is 11.3 Å². The fraction of sp³-hybridized carbons (Fsp3) is 0.217. The Morgan fingerprint density at radius 3 is 2.07 bits per heavy atom. The van der Waals surface area contributed by atoms with Gasteiger partial charge in [-0.15, -0.1) is 0 Å². The molecule has 5 heteroatoms. The predicted molar refractivity (Wildman–Crippen MR) is 113 cm³/mol. The van der Waals surface area contributed by atoms with E-state index in [1.165, 1.54) is 0 Å². The number of ether oxygens (including phenoxy) is 1. The molecule has 1 heterocycles. The van der Waals surface area contributed by atoms with Crippen molar-refractivity contribution in [1.29, 1.82) is 0 Å². The van der Waals surface area contributed by atoms with E-state index in [1.54, 1.807) is 27.7 Å². The van der Waals surface area contributed by atoms with Crippen LogP contribution in [0.5, 0.6) is 0 Å². The number of esters is 1. The smallest absolute Gasteiger partial charge is 0.344 e. The summed E-state index contributed by atoms with van der Waals surface area (Å²) in [6, 6.07) is 16.6. The Morgan fingerprint density at radius 1 is 0.929 bits per heavy atom. The first-order valence-electron chi connectivity index (χ1n) is 8.90. The average molecular weight is 441 g/mol. The third-order valence-electron chi connectivity index (χ3n) is 4.10. The van der Waals surface area contributed by atoms with Crippen LogP contribution >= 0.6 is 15.9 Å². The molecule has 2 aromatic carbocycles. The minimum absolute atomic E-state index is 0.233. The quantitative estimate of drug-likeness (QED) is 0.468. The van der Waals surface area contributed by atoms with Crippen LogP contribution < -0.4 is 5.63 Å². The SMILES string of the molecule is Cc1oc(=O)c(-c2ccccc2)c(-c2ccc(Br)cc2)c1C(=O)OC(C)(C)C. The lowest BCUT2D eigenvalue weighted by Gasteiger charge is -2.22. The Morgan fingerprint density at radius 2 is 1.50 bits per heavy atom. The second kappa shape index (κ2) is 7.76. The molecule has 4 nitrogen and oxygen atoms in total. The molecule has 1 aromatic heterocycles. The van der Waals surface area contributed by atoms with E-state index in [0.29, 0.717) is 16.7 Å². The molecule has 0 unspecified atom stereocenters. The first-order valence-corrected chi connectivity index (χ1v) is 9.69. The van der Waals surface area contributed by atoms with Gasteiger partial charge in [0.05, 0.1) is 5.56 Å². The molecular formula is C23H21BrO4. The Labute approximate surface area is 172 Å². The summed E-state index contributed by atoms with van der Waals surface area (Å²) < 4.78 is 12.0. The highest BCUT2D eigenvalue weighted by Crippen LogP contribution is 2.35. The number of hydrogen-bond acceptors (Lipinski definition) is 4. The molecule has 0 amide bonds. The maximum absolute atomic E-state index is 13.0. The van der Waals surface area contributed by atoms with Crippen LogP contribution in [-0.2, 0) is 4.74 Å². The summed E-state index contributed by atoms with van der Waals surface area (Å²) >= 11 is 3.43. The summed E-state index contributed by atoms with van der Waals surface area (Å²) in [4.78, 5) is 25.9. The zero-order chi connectivity index (χ0) is 20.5. The maximum Gasteiger partial charge on any atom is 0.344 e. The zero-order valence-electron chi connectivity index (χ0n) is 16.2. The van der Waals surface area contributed by atoms with Gasteiger partial charge in [-0.1, -0.05) is 58.4 Å². The van der Waals surface area contributed by atoms with Crippen LogP contribution in [0.15, 0.2) is 68.3 Å². The standard InChI is InChI=1S/C23H21BrO4/c1-14-18(22(26)28-23(2,3)4)19(16-10-12-17(24)13-11-16)20(21(25)27-14)15-8-6-5-7-9-15/h5-13H,1-4H3. The molecule has 3 aromatic rings. The van der Waals surface area contributed by atoms with Crippen LogP contribution in [-0.4, -0.2) is 11.6 Å². The average Bonchev–Trinajstić information content (AvgIpc) is 2.61. The molecule has 0 aliphatic rings. The Balaban J connectivity index is 2.37. The first kappa shape index (κ1) is 20.1. The van der Waals surface area contributed by atoms with Gasteiger partial charge in [0.1, 0.15) is 16.9 Å². The second-order valence-electron chi connectivity index (χ2n) is 7.45. The summed E-state index contributed by atoms with van der Waals surface area (Å²) in [5.41, 5.74) is 1.36. The first-order chi connectivity index (χ1) is 13.2. The van der Waals surface area contributed by atoms with Crippen molar-refractivity contribution in [2.75, 3.05) is 0 Å². The fourth-order valence-electron chi connectivity index (χ4n) is 2.99. The summed E-state index contributed by atoms with van der Waals surface area (Å²) in [7, 11) is 0. The van der Waals surface area contributed by atoms with E-state index < -0.39 is 17.2 Å². The monoisotopic (exact) mass is 440 g/mol. The topological polar surface area (TPSA) is 56.5 Å². The third kappa shape index (κ3) is 4.25. The van der Waals surface area contributed by atoms with Gasteiger partial charge in [0.15, 0.2) is 0 Å². The van der Waals surface area contributed by atoms with Gasteiger partial charge in [-0.25, -0.2) is 9.59 Å². The highest BCUT2D eigenvalue weighted by Gasteiger charge is 2.28. The molecule has 0 saturated heterocycles. The van der Waals surface area contributed by atoms with Crippen molar-refractivity contribution in [3.05, 3.63) is 80.8 Å². The van der Waals surface area contributed by atoms with Crippen LogP contribution in [0.1, 0.15) is 36.9 Å². The number of carbonyl (C=O) groups excluding carboxylic acids is 1. The molecule has 0 aliphatic heterocycles. The summed E-state index contributed by atoms with van der Waals surface area (Å²) in [5, 5.41) is 0. The van der Waals surface area contributed by atoms with Crippen molar-refractivity contribution in [3.63, 3.8) is 0 Å². The van der Waals surface area contributed by atoms with Crippen molar-refractivity contribution < 1.29 is 13.9 Å². The molecule has 0 atom stereocenters. The normalized spacial score (nSPS) is 11.3. The van der Waals surface area contributed by atoms with Crippen molar-refractivity contribution >= 4 is 21.9 Å². The lowest BCUT2D eigenvalue weighted by molar-refractivity contribution is 0.00666. The van der Waals surface area contributed by atoms with E-state index in [2.05, 4.69) is 15.9 Å². The van der Waals surface area contributed by atoms with E-state index >= 15 is 0 Å². The van der Waals surface area contributed by atoms with Crippen molar-refractivity contribution in [2.45, 2.75) is 33.3 Å². The van der Waals surface area contributed by atoms with Crippen LogP contribution in [0.3, 0.4) is 0 Å². The maximum atomic E-state index is 13.0. The van der Waals surface area contributed by atoms with E-state index in [0.717, 1.165) is 10.0 Å². The van der Waals surface area contributed by atoms with Gasteiger partial charge in [0.2, 0.25) is 0 Å². The number of halogens is 1. The minimum atomic E-state index is -0.677. The van der Waals surface area contributed by atoms with Gasteiger partial charge in [0.25, 0.3) is 0 Å². The molecule has 3 rings (SSSR count). The molecule has 0 N–H and O–H groups in total. The lowest BCUT2D eigenvalue weighted by atomic mass is 9.91. The molecule has 0 aliphatic carbocycles. The second-order valence-corrected chi connectivity index (χ2v) is 8.36. The molecule has 0 fully saturated rings. The van der Waals surface area contributed by atoms with Gasteiger partial charge >= 0.3 is 11.6 Å². The highest BCUT2D eigenvalue weighted by atomic mass is 79.9. The molecule has 0 spiro atoms. The highest BCUT2D eigenvalue weighted by molar-refractivity contribution is 9.10. The molecule has 0 bridgehead atoms. The number of hydrogen-bond donors (Lipinski definition) is 0. The Kier molecular flexibility index (Phi) is 5.57. The lowest BCUT2D eigenvalue weighted by Crippen LogP contribution is -2.25. The third-order valence-corrected chi connectivity index (χ3v) is 4.63. The summed E-state index contributed by atoms with van der Waals surface area (Å²) in [5.74, 6) is -0.291. The largest absolute Gasteiger partial charge is 0.456 e. The fourth-order valence-corrected chi connectivity index (χ4v) is 3.26. The van der Waals surface area contributed by atoms with Gasteiger partial charge in [-0.3, -0.25) is 0 Å². The van der Waals surface area contributed by atoms with Crippen molar-refractivity contribution in [2.24, 2.45) is 0 Å². The van der Waals surface area contributed by atoms with E-state index in [4.69, 9.17) is 9.15 Å². The van der Waals surface area contributed by atoms with E-state index in [1.807, 2.05) is 54.6 Å². The van der Waals surface area contributed by atoms with Crippen LogP contribution in [0.2, 0.25) is 0 Å². The van der Waals surface area contributed by atoms with E-state index in [9.17, 15) is 9.59 Å². The number of aryl methyl sites for hydroxylation is 1. The van der Waals surface area contributed by atoms with Crippen LogP contribution in [0.25, 0.3) is 22.3 Å². The number of rotatable bonds is 3. The number of benzene rings is 2. The van der Waals surface area contributed by atoms with Crippen LogP contribution in [0, 0.1) is 6.92 Å². The van der Waals surface area contributed by atoms with Gasteiger partial charge in [-0.2, -0.15) is 0 Å². The van der Waals surface area contributed by atoms with Crippen LogP contribution in [0.4, 0.5) is 0 Å². The van der Waals surface area contributed by atoms with Crippen molar-refractivity contribution in [3.8, 4) is 22.3 Å². The van der Waals surface area contributed by atoms with Gasteiger partial charge < -0.3 is 9.15 Å². The zero-order valence-corrected chi connectivity index (χ0v) is 17.8. The Bertz CT molecular complexity index is 1060. The molecule has 0 radical (unpaired) electrons. The minimum Gasteiger partial charge on any atom is -0.456 e. The molecular weight excluding hydrogens is 420 g/mol. The van der Waals surface area contributed by atoms with Crippen molar-refractivity contribution in [1.82, 2.24) is 0 Å². The summed E-state index contributed by atoms with van der Waals surface area (Å²) in [6.45, 7) is 7.02. The predicted octanol–water partition coefficient (Wildman–Crippen LogP) is 6.00. The summed E-state index contributed by atoms with van der Waals surface area (Å²) in [6.07, 6.45) is 0. The molecule has 0 saturated carbocycles. The van der Waals surface area contributed by atoms with Gasteiger partial charge in [0, 0.05) is 10.0 Å². The Hall–Kier alpha value is -2.66. The molecule has 28 heavy (non-hydrogen) atoms.